The number of amidine groups is 1. The van der Waals surface area contributed by atoms with E-state index in [0.717, 1.165) is 0 Å². The minimum absolute atomic E-state index is 0.0891. The fourth-order valence-corrected chi connectivity index (χ4v) is 2.32. The first-order valence-electron chi connectivity index (χ1n) is 8.08. The zero-order chi connectivity index (χ0) is 20.0. The van der Waals surface area contributed by atoms with Crippen LogP contribution in [0.4, 0.5) is 0 Å². The number of benzene rings is 2. The van der Waals surface area contributed by atoms with Gasteiger partial charge in [-0.05, 0) is 24.3 Å². The molecular weight excluding hydrogens is 350 g/mol. The highest BCUT2D eigenvalue weighted by molar-refractivity contribution is 6.11. The van der Waals surface area contributed by atoms with Crippen LogP contribution in [0.5, 0.6) is 5.75 Å². The highest BCUT2D eigenvalue weighted by Gasteiger charge is 2.49. The van der Waals surface area contributed by atoms with Crippen LogP contribution in [0.3, 0.4) is 0 Å². The van der Waals surface area contributed by atoms with E-state index in [0.29, 0.717) is 5.56 Å². The Labute approximate surface area is 155 Å². The maximum atomic E-state index is 12.6. The number of para-hydroxylation sites is 1. The predicted molar refractivity (Wildman–Crippen MR) is 97.7 cm³/mol. The van der Waals surface area contributed by atoms with Crippen molar-refractivity contribution < 1.29 is 24.2 Å². The van der Waals surface area contributed by atoms with Gasteiger partial charge in [0.2, 0.25) is 5.78 Å². The Kier molecular flexibility index (Phi) is 5.92. The molecule has 0 aromatic heterocycles. The van der Waals surface area contributed by atoms with Gasteiger partial charge < -0.3 is 15.6 Å². The number of hydrogen-bond acceptors (Lipinski definition) is 5. The lowest BCUT2D eigenvalue weighted by molar-refractivity contribution is -0.164. The average Bonchev–Trinajstić information content (AvgIpc) is 2.67. The molecule has 1 atom stereocenters. The quantitative estimate of drug-likeness (QED) is 0.241. The number of nitrogens with one attached hydrogen (secondary N) is 2. The third-order valence-electron chi connectivity index (χ3n) is 3.78. The van der Waals surface area contributed by atoms with Crippen molar-refractivity contribution in [1.82, 2.24) is 5.32 Å². The summed E-state index contributed by atoms with van der Waals surface area (Å²) in [7, 11) is 0. The third-order valence-corrected chi connectivity index (χ3v) is 3.78. The SMILES string of the molecule is CCC(=O)C(NC(=O)c1ccc(C(=N)N)cc1)(Oc1ccccc1)C(=O)O. The lowest BCUT2D eigenvalue weighted by Crippen LogP contribution is -2.64. The number of ether oxygens (including phenoxy) is 1. The number of carboxylic acids is 1. The molecule has 0 spiro atoms. The number of carbonyl (C=O) groups is 3. The maximum Gasteiger partial charge on any atom is 0.378 e. The van der Waals surface area contributed by atoms with E-state index < -0.39 is 23.4 Å². The van der Waals surface area contributed by atoms with Crippen molar-refractivity contribution in [3.05, 3.63) is 65.7 Å². The van der Waals surface area contributed by atoms with Gasteiger partial charge in [-0.3, -0.25) is 20.3 Å². The lowest BCUT2D eigenvalue weighted by atomic mass is 10.0. The summed E-state index contributed by atoms with van der Waals surface area (Å²) in [5.41, 5.74) is 3.30. The molecule has 0 heterocycles. The van der Waals surface area contributed by atoms with E-state index in [9.17, 15) is 19.5 Å². The molecule has 27 heavy (non-hydrogen) atoms. The van der Waals surface area contributed by atoms with Crippen LogP contribution < -0.4 is 15.8 Å². The van der Waals surface area contributed by atoms with E-state index in [2.05, 4.69) is 5.32 Å². The summed E-state index contributed by atoms with van der Waals surface area (Å²) >= 11 is 0. The zero-order valence-electron chi connectivity index (χ0n) is 14.6. The molecule has 0 fully saturated rings. The summed E-state index contributed by atoms with van der Waals surface area (Å²) in [5.74, 6) is -3.31. The van der Waals surface area contributed by atoms with Crippen LogP contribution in [-0.4, -0.2) is 34.3 Å². The van der Waals surface area contributed by atoms with Gasteiger partial charge in [-0.2, -0.15) is 0 Å². The van der Waals surface area contributed by atoms with E-state index in [1.165, 1.54) is 43.3 Å². The van der Waals surface area contributed by atoms with E-state index in [1.807, 2.05) is 0 Å². The van der Waals surface area contributed by atoms with Crippen LogP contribution in [0, 0.1) is 5.41 Å². The van der Waals surface area contributed by atoms with E-state index in [4.69, 9.17) is 15.9 Å². The van der Waals surface area contributed by atoms with Crippen LogP contribution >= 0.6 is 0 Å². The molecule has 0 bridgehead atoms. The first-order valence-corrected chi connectivity index (χ1v) is 8.08. The van der Waals surface area contributed by atoms with Crippen molar-refractivity contribution in [3.63, 3.8) is 0 Å². The number of aliphatic carboxylic acids is 1. The van der Waals surface area contributed by atoms with Gasteiger partial charge in [-0.25, -0.2) is 4.79 Å². The molecule has 5 N–H and O–H groups in total. The molecule has 0 saturated heterocycles. The Bertz CT molecular complexity index is 865. The molecule has 2 rings (SSSR count). The second-order valence-corrected chi connectivity index (χ2v) is 5.62. The average molecular weight is 369 g/mol. The highest BCUT2D eigenvalue weighted by atomic mass is 16.5. The molecule has 0 aliphatic rings. The molecule has 1 amide bonds. The van der Waals surface area contributed by atoms with Crippen molar-refractivity contribution in [2.24, 2.45) is 5.73 Å². The van der Waals surface area contributed by atoms with Gasteiger partial charge in [0, 0.05) is 17.5 Å². The number of rotatable bonds is 8. The number of ketones is 1. The monoisotopic (exact) mass is 369 g/mol. The van der Waals surface area contributed by atoms with E-state index in [1.54, 1.807) is 18.2 Å². The summed E-state index contributed by atoms with van der Waals surface area (Å²) in [6.07, 6.45) is -0.164. The van der Waals surface area contributed by atoms with Gasteiger partial charge >= 0.3 is 11.7 Å². The number of amides is 1. The minimum atomic E-state index is -2.56. The molecule has 8 nitrogen and oxygen atoms in total. The predicted octanol–water partition coefficient (Wildman–Crippen LogP) is 1.54. The molecule has 8 heteroatoms. The van der Waals surface area contributed by atoms with Gasteiger partial charge in [-0.15, -0.1) is 0 Å². The van der Waals surface area contributed by atoms with Gasteiger partial charge in [0.25, 0.3) is 5.91 Å². The van der Waals surface area contributed by atoms with Crippen molar-refractivity contribution >= 4 is 23.5 Å². The summed E-state index contributed by atoms with van der Waals surface area (Å²) in [6.45, 7) is 1.47. The van der Waals surface area contributed by atoms with Gasteiger partial charge in [0.1, 0.15) is 11.6 Å². The maximum absolute atomic E-state index is 12.6. The normalized spacial score (nSPS) is 12.5. The Morgan fingerprint density at radius 3 is 2.11 bits per heavy atom. The zero-order valence-corrected chi connectivity index (χ0v) is 14.6. The van der Waals surface area contributed by atoms with Crippen LogP contribution in [-0.2, 0) is 9.59 Å². The van der Waals surface area contributed by atoms with Crippen LogP contribution in [0.1, 0.15) is 29.3 Å². The highest BCUT2D eigenvalue weighted by Crippen LogP contribution is 2.20. The number of Topliss-reactive ketones (excluding diaryl/α,β-unsaturated/α-hetero) is 1. The second kappa shape index (κ2) is 8.13. The molecule has 2 aromatic carbocycles. The second-order valence-electron chi connectivity index (χ2n) is 5.62. The van der Waals surface area contributed by atoms with Crippen LogP contribution in [0.15, 0.2) is 54.6 Å². The first-order chi connectivity index (χ1) is 12.8. The van der Waals surface area contributed by atoms with Gasteiger partial charge in [-0.1, -0.05) is 37.3 Å². The third kappa shape index (κ3) is 4.30. The summed E-state index contributed by atoms with van der Waals surface area (Å²) in [6, 6.07) is 13.5. The topological polar surface area (TPSA) is 143 Å². The lowest BCUT2D eigenvalue weighted by Gasteiger charge is -2.29. The number of carboxylic acid groups (broad SMARTS) is 1. The Balaban J connectivity index is 2.38. The van der Waals surface area contributed by atoms with Crippen LogP contribution in [0.2, 0.25) is 0 Å². The summed E-state index contributed by atoms with van der Waals surface area (Å²) in [4.78, 5) is 36.9. The smallest absolute Gasteiger partial charge is 0.378 e. The number of nitrogens with two attached hydrogens (primary N) is 1. The Morgan fingerprint density at radius 1 is 1.07 bits per heavy atom. The van der Waals surface area contributed by atoms with E-state index >= 15 is 0 Å². The van der Waals surface area contributed by atoms with Crippen LogP contribution in [0.25, 0.3) is 0 Å². The number of carbonyl (C=O) groups excluding carboxylic acids is 2. The summed E-state index contributed by atoms with van der Waals surface area (Å²) < 4.78 is 5.44. The number of hydrogen-bond donors (Lipinski definition) is 4. The van der Waals surface area contributed by atoms with Crippen molar-refractivity contribution in [2.75, 3.05) is 0 Å². The standard InChI is InChI=1S/C19H19N3O5/c1-2-15(23)19(18(25)26,27-14-6-4-3-5-7-14)22-17(24)13-10-8-12(9-11-13)16(20)21/h3-11H,2H2,1H3,(H3,20,21)(H,22,24)(H,25,26). The fourth-order valence-electron chi connectivity index (χ4n) is 2.32. The minimum Gasteiger partial charge on any atom is -0.476 e. The molecular formula is C19H19N3O5. The first kappa shape index (κ1) is 19.6. The largest absolute Gasteiger partial charge is 0.476 e. The van der Waals surface area contributed by atoms with Gasteiger partial charge in [0.05, 0.1) is 0 Å². The number of nitrogen functional groups attached to an aromatic ring is 1. The molecule has 0 aliphatic carbocycles. The molecule has 1 unspecified atom stereocenters. The molecule has 140 valence electrons. The van der Waals surface area contributed by atoms with Gasteiger partial charge in [0.15, 0.2) is 0 Å². The molecule has 2 aromatic rings. The summed E-state index contributed by atoms with van der Waals surface area (Å²) in [5, 5.41) is 19.2. The van der Waals surface area contributed by atoms with Crippen molar-refractivity contribution in [1.29, 1.82) is 5.41 Å². The Hall–Kier alpha value is -3.68. The van der Waals surface area contributed by atoms with Crippen molar-refractivity contribution in [3.8, 4) is 5.75 Å². The fraction of sp³-hybridized carbons (Fsp3) is 0.158. The molecule has 0 aliphatic heterocycles. The van der Waals surface area contributed by atoms with Crippen molar-refractivity contribution in [2.45, 2.75) is 19.1 Å². The molecule has 0 saturated carbocycles. The Morgan fingerprint density at radius 2 is 1.63 bits per heavy atom. The van der Waals surface area contributed by atoms with E-state index in [-0.39, 0.29) is 23.6 Å². The molecule has 0 radical (unpaired) electrons.